The summed E-state index contributed by atoms with van der Waals surface area (Å²) in [5.41, 5.74) is 2.55. The summed E-state index contributed by atoms with van der Waals surface area (Å²) in [5, 5.41) is 26.5. The van der Waals surface area contributed by atoms with Gasteiger partial charge in [0.25, 0.3) is 5.69 Å². The van der Waals surface area contributed by atoms with Crippen molar-refractivity contribution in [3.8, 4) is 11.4 Å². The maximum atomic E-state index is 13.0. The molecule has 0 aliphatic carbocycles. The normalized spacial score (nSPS) is 11.6. The molecular weight excluding hydrogens is 528 g/mol. The van der Waals surface area contributed by atoms with Crippen molar-refractivity contribution in [2.75, 3.05) is 17.7 Å². The zero-order chi connectivity index (χ0) is 27.2. The molecule has 4 rings (SSSR count). The third-order valence-corrected chi connectivity index (χ3v) is 7.06. The van der Waals surface area contributed by atoms with Crippen LogP contribution in [0.5, 0.6) is 5.75 Å². The maximum Gasteiger partial charge on any atom is 0.271 e. The first kappa shape index (κ1) is 27.0. The number of halogens is 1. The van der Waals surface area contributed by atoms with E-state index in [1.165, 1.54) is 23.9 Å². The highest BCUT2D eigenvalue weighted by Gasteiger charge is 2.22. The number of ether oxygens (including phenoxy) is 1. The lowest BCUT2D eigenvalue weighted by Gasteiger charge is -2.15. The van der Waals surface area contributed by atoms with Crippen LogP contribution in [0.2, 0.25) is 5.02 Å². The molecule has 4 aromatic rings. The first-order chi connectivity index (χ1) is 18.3. The van der Waals surface area contributed by atoms with Gasteiger partial charge in [0.15, 0.2) is 11.0 Å². The number of hydrogen-bond acceptors (Lipinski definition) is 8. The molecular formula is C26H25ClN6O4S. The predicted octanol–water partition coefficient (Wildman–Crippen LogP) is 5.88. The number of benzene rings is 3. The number of aromatic nitrogens is 3. The van der Waals surface area contributed by atoms with Gasteiger partial charge in [-0.3, -0.25) is 19.5 Å². The number of thioether (sulfide) groups is 1. The van der Waals surface area contributed by atoms with Gasteiger partial charge in [-0.25, -0.2) is 0 Å². The number of nitrogens with one attached hydrogen (secondary N) is 2. The van der Waals surface area contributed by atoms with E-state index >= 15 is 0 Å². The first-order valence-electron chi connectivity index (χ1n) is 11.6. The quantitative estimate of drug-likeness (QED) is 0.142. The van der Waals surface area contributed by atoms with Crippen LogP contribution in [-0.2, 0) is 11.3 Å². The molecule has 1 heterocycles. The molecule has 12 heteroatoms. The minimum atomic E-state index is -0.584. The topological polar surface area (TPSA) is 124 Å². The Balaban J connectivity index is 1.58. The van der Waals surface area contributed by atoms with E-state index in [0.717, 1.165) is 16.9 Å². The van der Waals surface area contributed by atoms with Crippen LogP contribution in [0.1, 0.15) is 18.3 Å². The van der Waals surface area contributed by atoms with Crippen molar-refractivity contribution in [2.45, 2.75) is 30.8 Å². The number of rotatable bonds is 10. The van der Waals surface area contributed by atoms with Crippen LogP contribution in [0.15, 0.2) is 71.9 Å². The lowest BCUT2D eigenvalue weighted by Crippen LogP contribution is -2.23. The number of anilines is 2. The molecule has 3 aromatic carbocycles. The fourth-order valence-corrected chi connectivity index (χ4v) is 4.65. The van der Waals surface area contributed by atoms with Crippen molar-refractivity contribution < 1.29 is 14.5 Å². The summed E-state index contributed by atoms with van der Waals surface area (Å²) in [6.45, 7) is 3.84. The van der Waals surface area contributed by atoms with Crippen LogP contribution < -0.4 is 15.4 Å². The van der Waals surface area contributed by atoms with Crippen molar-refractivity contribution in [3.63, 3.8) is 0 Å². The average Bonchev–Trinajstić information content (AvgIpc) is 3.31. The molecule has 0 aliphatic heterocycles. The van der Waals surface area contributed by atoms with Crippen molar-refractivity contribution in [2.24, 2.45) is 0 Å². The largest absolute Gasteiger partial charge is 0.497 e. The molecule has 0 saturated carbocycles. The van der Waals surface area contributed by atoms with Gasteiger partial charge >= 0.3 is 0 Å². The molecule has 2 N–H and O–H groups in total. The molecule has 196 valence electrons. The van der Waals surface area contributed by atoms with Crippen LogP contribution in [0.4, 0.5) is 17.1 Å². The minimum absolute atomic E-state index is 0.0962. The third kappa shape index (κ3) is 6.24. The average molecular weight is 553 g/mol. The fraction of sp³-hybridized carbons (Fsp3) is 0.192. The van der Waals surface area contributed by atoms with E-state index in [1.54, 1.807) is 33.1 Å². The van der Waals surface area contributed by atoms with Crippen molar-refractivity contribution in [3.05, 3.63) is 93.3 Å². The second kappa shape index (κ2) is 12.0. The zero-order valence-corrected chi connectivity index (χ0v) is 22.4. The standard InChI is InChI=1S/C26H25ClN6O4S/c1-16-8-9-19(33(35)36)14-23(16)29-25(34)17(2)38-26-31-30-24(15-28-22-7-5-4-6-21(22)27)32(26)18-10-12-20(37-3)13-11-18/h4-14,17,28H,15H2,1-3H3,(H,29,34)/t17-/m1/s1. The van der Waals surface area contributed by atoms with Crippen LogP contribution >= 0.6 is 23.4 Å². The number of nitro groups is 1. The number of hydrogen-bond donors (Lipinski definition) is 2. The molecule has 0 spiro atoms. The highest BCUT2D eigenvalue weighted by atomic mass is 35.5. The maximum absolute atomic E-state index is 13.0. The van der Waals surface area contributed by atoms with Crippen LogP contribution in [0.25, 0.3) is 5.69 Å². The Labute approximate surface area is 228 Å². The molecule has 0 unspecified atom stereocenters. The summed E-state index contributed by atoms with van der Waals surface area (Å²) in [6.07, 6.45) is 0. The van der Waals surface area contributed by atoms with Gasteiger partial charge in [-0.1, -0.05) is 41.6 Å². The van der Waals surface area contributed by atoms with Crippen LogP contribution in [0, 0.1) is 17.0 Å². The van der Waals surface area contributed by atoms with Gasteiger partial charge in [0.1, 0.15) is 5.75 Å². The van der Waals surface area contributed by atoms with E-state index < -0.39 is 10.2 Å². The summed E-state index contributed by atoms with van der Waals surface area (Å²) in [6, 6.07) is 19.2. The number of nitro benzene ring substituents is 1. The fourth-order valence-electron chi connectivity index (χ4n) is 3.56. The third-order valence-electron chi connectivity index (χ3n) is 5.68. The SMILES string of the molecule is COc1ccc(-n2c(CNc3ccccc3Cl)nnc2S[C@H](C)C(=O)Nc2cc([N+](=O)[O-])ccc2C)cc1. The predicted molar refractivity (Wildman–Crippen MR) is 148 cm³/mol. The van der Waals surface area contributed by atoms with Gasteiger partial charge in [0.05, 0.1) is 40.2 Å². The summed E-state index contributed by atoms with van der Waals surface area (Å²) >= 11 is 7.51. The first-order valence-corrected chi connectivity index (χ1v) is 12.8. The smallest absolute Gasteiger partial charge is 0.271 e. The Morgan fingerprint density at radius 1 is 1.13 bits per heavy atom. The van der Waals surface area contributed by atoms with Gasteiger partial charge in [0, 0.05) is 17.8 Å². The molecule has 1 atom stereocenters. The Bertz CT molecular complexity index is 1460. The Morgan fingerprint density at radius 3 is 2.55 bits per heavy atom. The molecule has 0 saturated heterocycles. The number of carbonyl (C=O) groups is 1. The molecule has 0 aliphatic rings. The Kier molecular flexibility index (Phi) is 8.49. The molecule has 10 nitrogen and oxygen atoms in total. The number of para-hydroxylation sites is 1. The summed E-state index contributed by atoms with van der Waals surface area (Å²) in [5.74, 6) is 0.991. The van der Waals surface area contributed by atoms with Gasteiger partial charge in [-0.05, 0) is 55.8 Å². The molecule has 0 bridgehead atoms. The lowest BCUT2D eigenvalue weighted by atomic mass is 10.2. The van der Waals surface area contributed by atoms with Gasteiger partial charge < -0.3 is 15.4 Å². The van der Waals surface area contributed by atoms with E-state index in [0.29, 0.717) is 34.0 Å². The van der Waals surface area contributed by atoms with Crippen molar-refractivity contribution >= 4 is 46.3 Å². The number of aryl methyl sites for hydroxylation is 1. The monoisotopic (exact) mass is 552 g/mol. The Morgan fingerprint density at radius 2 is 1.87 bits per heavy atom. The van der Waals surface area contributed by atoms with Gasteiger partial charge in [-0.2, -0.15) is 0 Å². The summed E-state index contributed by atoms with van der Waals surface area (Å²) in [4.78, 5) is 23.7. The second-order valence-corrected chi connectivity index (χ2v) is 9.99. The summed E-state index contributed by atoms with van der Waals surface area (Å²) in [7, 11) is 1.59. The van der Waals surface area contributed by atoms with Crippen LogP contribution in [-0.4, -0.2) is 38.0 Å². The minimum Gasteiger partial charge on any atom is -0.497 e. The molecule has 1 aromatic heterocycles. The zero-order valence-electron chi connectivity index (χ0n) is 20.8. The van der Waals surface area contributed by atoms with Crippen molar-refractivity contribution in [1.29, 1.82) is 0 Å². The van der Waals surface area contributed by atoms with E-state index in [-0.39, 0.29) is 11.6 Å². The number of carbonyl (C=O) groups excluding carboxylic acids is 1. The molecule has 0 fully saturated rings. The van der Waals surface area contributed by atoms with Gasteiger partial charge in [-0.15, -0.1) is 10.2 Å². The highest BCUT2D eigenvalue weighted by molar-refractivity contribution is 8.00. The van der Waals surface area contributed by atoms with E-state index in [4.69, 9.17) is 16.3 Å². The van der Waals surface area contributed by atoms with Crippen molar-refractivity contribution in [1.82, 2.24) is 14.8 Å². The Hall–Kier alpha value is -4.09. The van der Waals surface area contributed by atoms with E-state index in [2.05, 4.69) is 20.8 Å². The molecule has 1 amide bonds. The number of nitrogens with zero attached hydrogens (tertiary/aromatic N) is 4. The molecule has 0 radical (unpaired) electrons. The highest BCUT2D eigenvalue weighted by Crippen LogP contribution is 2.29. The van der Waals surface area contributed by atoms with E-state index in [1.807, 2.05) is 47.0 Å². The van der Waals surface area contributed by atoms with Crippen LogP contribution in [0.3, 0.4) is 0 Å². The number of non-ortho nitro benzene ring substituents is 1. The number of methoxy groups -OCH3 is 1. The number of amides is 1. The van der Waals surface area contributed by atoms with Gasteiger partial charge in [0.2, 0.25) is 5.91 Å². The summed E-state index contributed by atoms with van der Waals surface area (Å²) < 4.78 is 7.14. The second-order valence-electron chi connectivity index (χ2n) is 8.27. The lowest BCUT2D eigenvalue weighted by molar-refractivity contribution is -0.384. The molecule has 38 heavy (non-hydrogen) atoms. The van der Waals surface area contributed by atoms with E-state index in [9.17, 15) is 14.9 Å².